The van der Waals surface area contributed by atoms with Gasteiger partial charge in [-0.05, 0) is 39.3 Å². The van der Waals surface area contributed by atoms with Gasteiger partial charge < -0.3 is 5.32 Å². The molecule has 0 amide bonds. The van der Waals surface area contributed by atoms with Crippen LogP contribution in [0.2, 0.25) is 0 Å². The van der Waals surface area contributed by atoms with Crippen LogP contribution in [0.15, 0.2) is 0 Å². The fourth-order valence-electron chi connectivity index (χ4n) is 2.06. The molecule has 110 valence electrons. The van der Waals surface area contributed by atoms with Crippen molar-refractivity contribution in [2.45, 2.75) is 58.8 Å². The monoisotopic (exact) mass is 283 g/mol. The zero-order chi connectivity index (χ0) is 14.6. The first kappa shape index (κ1) is 16.6. The number of nitrogens with one attached hydrogen (secondary N) is 1. The van der Waals surface area contributed by atoms with Crippen LogP contribution in [0.5, 0.6) is 0 Å². The summed E-state index contributed by atoms with van der Waals surface area (Å²) in [5.74, 6) is 1.16. The third-order valence-corrected chi connectivity index (χ3v) is 4.83. The smallest absolute Gasteiger partial charge is 0.0628 e. The van der Waals surface area contributed by atoms with E-state index in [1.807, 2.05) is 23.5 Å². The molecule has 19 heavy (non-hydrogen) atoms. The summed E-state index contributed by atoms with van der Waals surface area (Å²) in [5.41, 5.74) is 3.85. The summed E-state index contributed by atoms with van der Waals surface area (Å²) in [6.07, 6.45) is 1.07. The van der Waals surface area contributed by atoms with Crippen molar-refractivity contribution in [1.82, 2.24) is 15.1 Å². The lowest BCUT2D eigenvalue weighted by atomic mass is 10.1. The van der Waals surface area contributed by atoms with Crippen molar-refractivity contribution in [3.63, 3.8) is 0 Å². The molecule has 4 heteroatoms. The SMILES string of the molecule is Cc1nn(C)c(C)c1CCNC(C)CSC(C)(C)C. The summed E-state index contributed by atoms with van der Waals surface area (Å²) < 4.78 is 2.33. The fourth-order valence-corrected chi connectivity index (χ4v) is 2.92. The van der Waals surface area contributed by atoms with E-state index in [1.165, 1.54) is 17.0 Å². The molecular weight excluding hydrogens is 254 g/mol. The van der Waals surface area contributed by atoms with Gasteiger partial charge in [-0.3, -0.25) is 4.68 Å². The second kappa shape index (κ2) is 6.80. The minimum atomic E-state index is 0.354. The van der Waals surface area contributed by atoms with Gasteiger partial charge in [0, 0.05) is 29.3 Å². The highest BCUT2D eigenvalue weighted by molar-refractivity contribution is 8.00. The molecule has 0 saturated heterocycles. The Kier molecular flexibility index (Phi) is 5.93. The molecular formula is C15H29N3S. The van der Waals surface area contributed by atoms with Gasteiger partial charge in [0.15, 0.2) is 0 Å². The summed E-state index contributed by atoms with van der Waals surface area (Å²) in [7, 11) is 2.02. The van der Waals surface area contributed by atoms with E-state index in [0.29, 0.717) is 10.8 Å². The predicted molar refractivity (Wildman–Crippen MR) is 86.1 cm³/mol. The van der Waals surface area contributed by atoms with Crippen LogP contribution in [0.25, 0.3) is 0 Å². The van der Waals surface area contributed by atoms with Crippen molar-refractivity contribution in [3.8, 4) is 0 Å². The van der Waals surface area contributed by atoms with Crippen LogP contribution in [0.3, 0.4) is 0 Å². The molecule has 1 rings (SSSR count). The van der Waals surface area contributed by atoms with Crippen LogP contribution < -0.4 is 5.32 Å². The largest absolute Gasteiger partial charge is 0.313 e. The zero-order valence-corrected chi connectivity index (χ0v) is 14.3. The number of aryl methyl sites for hydroxylation is 2. The molecule has 1 aromatic heterocycles. The molecule has 0 bridgehead atoms. The maximum Gasteiger partial charge on any atom is 0.0628 e. The molecule has 0 spiro atoms. The maximum atomic E-state index is 4.46. The number of hydrogen-bond acceptors (Lipinski definition) is 3. The quantitative estimate of drug-likeness (QED) is 0.870. The van der Waals surface area contributed by atoms with Crippen molar-refractivity contribution in [1.29, 1.82) is 0 Å². The van der Waals surface area contributed by atoms with Crippen LogP contribution in [-0.4, -0.2) is 32.9 Å². The van der Waals surface area contributed by atoms with Crippen LogP contribution in [-0.2, 0) is 13.5 Å². The number of rotatable bonds is 6. The Hall–Kier alpha value is -0.480. The summed E-state index contributed by atoms with van der Waals surface area (Å²) in [6, 6.07) is 0.557. The van der Waals surface area contributed by atoms with Gasteiger partial charge in [0.25, 0.3) is 0 Å². The standard InChI is InChI=1S/C15H29N3S/c1-11(10-19-15(4,5)6)16-9-8-14-12(2)17-18(7)13(14)3/h11,16H,8-10H2,1-7H3. The Balaban J connectivity index is 2.34. The van der Waals surface area contributed by atoms with Gasteiger partial charge in [-0.15, -0.1) is 0 Å². The Morgan fingerprint density at radius 3 is 2.42 bits per heavy atom. The number of hydrogen-bond donors (Lipinski definition) is 1. The minimum absolute atomic E-state index is 0.354. The highest BCUT2D eigenvalue weighted by atomic mass is 32.2. The molecule has 1 atom stereocenters. The second-order valence-electron chi connectivity index (χ2n) is 6.30. The second-order valence-corrected chi connectivity index (χ2v) is 8.15. The average molecular weight is 283 g/mol. The van der Waals surface area contributed by atoms with Crippen molar-refractivity contribution >= 4 is 11.8 Å². The van der Waals surface area contributed by atoms with Crippen molar-refractivity contribution in [2.75, 3.05) is 12.3 Å². The molecule has 1 unspecified atom stereocenters. The van der Waals surface area contributed by atoms with E-state index in [9.17, 15) is 0 Å². The Morgan fingerprint density at radius 1 is 1.32 bits per heavy atom. The van der Waals surface area contributed by atoms with Gasteiger partial charge in [-0.2, -0.15) is 16.9 Å². The molecule has 0 aliphatic heterocycles. The molecule has 0 aliphatic carbocycles. The van der Waals surface area contributed by atoms with Gasteiger partial charge in [0.1, 0.15) is 0 Å². The maximum absolute atomic E-state index is 4.46. The van der Waals surface area contributed by atoms with E-state index in [1.54, 1.807) is 0 Å². The summed E-state index contributed by atoms with van der Waals surface area (Å²) in [6.45, 7) is 14.3. The number of thioether (sulfide) groups is 1. The molecule has 0 aromatic carbocycles. The molecule has 1 heterocycles. The molecule has 1 N–H and O–H groups in total. The van der Waals surface area contributed by atoms with Crippen molar-refractivity contribution < 1.29 is 0 Å². The average Bonchev–Trinajstić information content (AvgIpc) is 2.52. The summed E-state index contributed by atoms with van der Waals surface area (Å²) in [4.78, 5) is 0. The predicted octanol–water partition coefficient (Wildman–Crippen LogP) is 3.09. The van der Waals surface area contributed by atoms with Crippen LogP contribution in [0, 0.1) is 13.8 Å². The third kappa shape index (κ3) is 5.57. The number of aromatic nitrogens is 2. The van der Waals surface area contributed by atoms with E-state index in [0.717, 1.165) is 18.7 Å². The van der Waals surface area contributed by atoms with E-state index >= 15 is 0 Å². The lowest BCUT2D eigenvalue weighted by Crippen LogP contribution is -2.31. The first-order valence-electron chi connectivity index (χ1n) is 7.07. The number of nitrogens with zero attached hydrogens (tertiary/aromatic N) is 2. The highest BCUT2D eigenvalue weighted by Crippen LogP contribution is 2.23. The Morgan fingerprint density at radius 2 is 1.95 bits per heavy atom. The molecule has 0 radical (unpaired) electrons. The first-order valence-corrected chi connectivity index (χ1v) is 8.05. The molecule has 1 aromatic rings. The van der Waals surface area contributed by atoms with E-state index in [4.69, 9.17) is 0 Å². The van der Waals surface area contributed by atoms with Gasteiger partial charge >= 0.3 is 0 Å². The van der Waals surface area contributed by atoms with Crippen molar-refractivity contribution in [3.05, 3.63) is 17.0 Å². The third-order valence-electron chi connectivity index (χ3n) is 3.29. The van der Waals surface area contributed by atoms with Gasteiger partial charge in [-0.1, -0.05) is 20.8 Å². The van der Waals surface area contributed by atoms with Gasteiger partial charge in [0.2, 0.25) is 0 Å². The van der Waals surface area contributed by atoms with Gasteiger partial charge in [-0.25, -0.2) is 0 Å². The van der Waals surface area contributed by atoms with E-state index in [-0.39, 0.29) is 0 Å². The van der Waals surface area contributed by atoms with Crippen LogP contribution >= 0.6 is 11.8 Å². The van der Waals surface area contributed by atoms with Crippen LogP contribution in [0.4, 0.5) is 0 Å². The van der Waals surface area contributed by atoms with E-state index in [2.05, 4.69) is 52.0 Å². The van der Waals surface area contributed by atoms with Gasteiger partial charge in [0.05, 0.1) is 5.69 Å². The fraction of sp³-hybridized carbons (Fsp3) is 0.800. The molecule has 0 fully saturated rings. The topological polar surface area (TPSA) is 29.9 Å². The molecule has 0 aliphatic rings. The summed E-state index contributed by atoms with van der Waals surface area (Å²) >= 11 is 2.02. The molecule has 3 nitrogen and oxygen atoms in total. The minimum Gasteiger partial charge on any atom is -0.313 e. The van der Waals surface area contributed by atoms with Crippen molar-refractivity contribution in [2.24, 2.45) is 7.05 Å². The highest BCUT2D eigenvalue weighted by Gasteiger charge is 2.13. The lowest BCUT2D eigenvalue weighted by Gasteiger charge is -2.21. The molecule has 0 saturated carbocycles. The van der Waals surface area contributed by atoms with E-state index < -0.39 is 0 Å². The Labute approximate surface area is 122 Å². The summed E-state index contributed by atoms with van der Waals surface area (Å²) in [5, 5.41) is 8.07. The normalized spacial score (nSPS) is 13.8. The zero-order valence-electron chi connectivity index (χ0n) is 13.5. The first-order chi connectivity index (χ1) is 8.70. The van der Waals surface area contributed by atoms with Crippen LogP contribution in [0.1, 0.15) is 44.6 Å². The lowest BCUT2D eigenvalue weighted by molar-refractivity contribution is 0.593. The Bertz CT molecular complexity index is 404.